The molecular weight excluding hydrogens is 244 g/mol. The highest BCUT2D eigenvalue weighted by atomic mass is 16.4. The molecule has 1 N–H and O–H groups in total. The highest BCUT2D eigenvalue weighted by Crippen LogP contribution is 2.30. The molecule has 1 aromatic heterocycles. The van der Waals surface area contributed by atoms with Gasteiger partial charge in [0, 0.05) is 25.4 Å². The van der Waals surface area contributed by atoms with E-state index in [1.54, 1.807) is 36.2 Å². The zero-order valence-corrected chi connectivity index (χ0v) is 10.7. The lowest BCUT2D eigenvalue weighted by Gasteiger charge is -2.18. The Morgan fingerprint density at radius 1 is 1.47 bits per heavy atom. The fourth-order valence-corrected chi connectivity index (χ4v) is 2.06. The number of aromatic nitrogens is 1. The normalized spacial score (nSPS) is 22.9. The van der Waals surface area contributed by atoms with Crippen molar-refractivity contribution in [3.8, 4) is 0 Å². The Labute approximate surface area is 111 Å². The van der Waals surface area contributed by atoms with E-state index in [4.69, 9.17) is 5.11 Å². The van der Waals surface area contributed by atoms with E-state index < -0.39 is 11.4 Å². The van der Waals surface area contributed by atoms with E-state index in [-0.39, 0.29) is 12.5 Å². The van der Waals surface area contributed by atoms with Gasteiger partial charge in [0.25, 0.3) is 0 Å². The summed E-state index contributed by atoms with van der Waals surface area (Å²) >= 11 is 0. The minimum atomic E-state index is -0.850. The molecule has 100 valence electrons. The van der Waals surface area contributed by atoms with Crippen LogP contribution in [0, 0.1) is 5.41 Å². The number of hydrogen-bond donors (Lipinski definition) is 1. The number of carbonyl (C=O) groups excluding carboxylic acids is 1. The highest BCUT2D eigenvalue weighted by Gasteiger charge is 2.41. The number of aliphatic carboxylic acids is 1. The van der Waals surface area contributed by atoms with Crippen molar-refractivity contribution in [2.45, 2.75) is 13.3 Å². The van der Waals surface area contributed by atoms with Crippen LogP contribution in [0.5, 0.6) is 0 Å². The number of nitrogens with zero attached hydrogens (tertiary/aromatic N) is 2. The van der Waals surface area contributed by atoms with Gasteiger partial charge in [0.1, 0.15) is 0 Å². The average Bonchev–Trinajstić information content (AvgIpc) is 2.81. The SMILES string of the molecule is CC1(C(=O)O)CCN(C(=O)/C=C/c2ccccn2)C1. The van der Waals surface area contributed by atoms with Crippen LogP contribution < -0.4 is 0 Å². The van der Waals surface area contributed by atoms with Crippen LogP contribution in [0.1, 0.15) is 19.0 Å². The van der Waals surface area contributed by atoms with Crippen molar-refractivity contribution < 1.29 is 14.7 Å². The maximum absolute atomic E-state index is 11.9. The summed E-state index contributed by atoms with van der Waals surface area (Å²) in [4.78, 5) is 28.7. The first-order valence-corrected chi connectivity index (χ1v) is 6.13. The van der Waals surface area contributed by atoms with Gasteiger partial charge in [-0.3, -0.25) is 14.6 Å². The summed E-state index contributed by atoms with van der Waals surface area (Å²) in [6.45, 7) is 2.41. The van der Waals surface area contributed by atoms with Crippen LogP contribution >= 0.6 is 0 Å². The Hall–Kier alpha value is -2.17. The molecule has 0 spiro atoms. The van der Waals surface area contributed by atoms with E-state index in [2.05, 4.69) is 4.98 Å². The number of hydrogen-bond acceptors (Lipinski definition) is 3. The van der Waals surface area contributed by atoms with Crippen molar-refractivity contribution in [3.63, 3.8) is 0 Å². The topological polar surface area (TPSA) is 70.5 Å². The molecule has 5 nitrogen and oxygen atoms in total. The average molecular weight is 260 g/mol. The van der Waals surface area contributed by atoms with Crippen molar-refractivity contribution >= 4 is 18.0 Å². The highest BCUT2D eigenvalue weighted by molar-refractivity contribution is 5.92. The van der Waals surface area contributed by atoms with E-state index in [1.165, 1.54) is 6.08 Å². The molecule has 1 unspecified atom stereocenters. The smallest absolute Gasteiger partial charge is 0.311 e. The third-order valence-electron chi connectivity index (χ3n) is 3.39. The van der Waals surface area contributed by atoms with Gasteiger partial charge < -0.3 is 10.0 Å². The predicted octanol–water partition coefficient (Wildman–Crippen LogP) is 1.42. The number of pyridine rings is 1. The van der Waals surface area contributed by atoms with Gasteiger partial charge in [-0.1, -0.05) is 6.07 Å². The van der Waals surface area contributed by atoms with Gasteiger partial charge in [0.05, 0.1) is 11.1 Å². The summed E-state index contributed by atoms with van der Waals surface area (Å²) in [6, 6.07) is 5.45. The number of carboxylic acid groups (broad SMARTS) is 1. The lowest BCUT2D eigenvalue weighted by Crippen LogP contribution is -2.34. The van der Waals surface area contributed by atoms with Crippen LogP contribution in [0.25, 0.3) is 6.08 Å². The van der Waals surface area contributed by atoms with E-state index in [9.17, 15) is 9.59 Å². The molecule has 0 radical (unpaired) electrons. The quantitative estimate of drug-likeness (QED) is 0.834. The predicted molar refractivity (Wildman–Crippen MR) is 70.2 cm³/mol. The summed E-state index contributed by atoms with van der Waals surface area (Å²) in [5, 5.41) is 9.11. The van der Waals surface area contributed by atoms with Gasteiger partial charge >= 0.3 is 5.97 Å². The van der Waals surface area contributed by atoms with Crippen molar-refractivity contribution in [1.82, 2.24) is 9.88 Å². The zero-order chi connectivity index (χ0) is 13.9. The summed E-state index contributed by atoms with van der Waals surface area (Å²) in [5.41, 5.74) is -0.120. The number of carboxylic acids is 1. The fraction of sp³-hybridized carbons (Fsp3) is 0.357. The molecule has 2 heterocycles. The second kappa shape index (κ2) is 5.22. The Balaban J connectivity index is 1.99. The zero-order valence-electron chi connectivity index (χ0n) is 10.7. The van der Waals surface area contributed by atoms with Gasteiger partial charge in [-0.15, -0.1) is 0 Å². The summed E-state index contributed by atoms with van der Waals surface area (Å²) in [5.74, 6) is -1.02. The molecule has 1 amide bonds. The maximum atomic E-state index is 11.9. The van der Waals surface area contributed by atoms with Gasteiger partial charge in [0.15, 0.2) is 0 Å². The molecule has 1 aliphatic heterocycles. The number of carbonyl (C=O) groups is 2. The first kappa shape index (κ1) is 13.3. The first-order valence-electron chi connectivity index (χ1n) is 6.13. The van der Waals surface area contributed by atoms with E-state index in [0.717, 1.165) is 0 Å². The summed E-state index contributed by atoms with van der Waals surface area (Å²) in [6.07, 6.45) is 5.22. The fourth-order valence-electron chi connectivity index (χ4n) is 2.06. The second-order valence-electron chi connectivity index (χ2n) is 4.96. The van der Waals surface area contributed by atoms with Crippen molar-refractivity contribution in [2.75, 3.05) is 13.1 Å². The van der Waals surface area contributed by atoms with Crippen LogP contribution in [0.4, 0.5) is 0 Å². The molecule has 1 saturated heterocycles. The molecule has 1 fully saturated rings. The van der Waals surface area contributed by atoms with Gasteiger partial charge in [0.2, 0.25) is 5.91 Å². The third kappa shape index (κ3) is 2.99. The summed E-state index contributed by atoms with van der Waals surface area (Å²) in [7, 11) is 0. The van der Waals surface area contributed by atoms with Crippen molar-refractivity contribution in [3.05, 3.63) is 36.2 Å². The maximum Gasteiger partial charge on any atom is 0.311 e. The Bertz CT molecular complexity index is 513. The molecule has 1 atom stereocenters. The molecular formula is C14H16N2O3. The lowest BCUT2D eigenvalue weighted by molar-refractivity contribution is -0.147. The lowest BCUT2D eigenvalue weighted by atomic mass is 9.90. The Kier molecular flexibility index (Phi) is 3.64. The standard InChI is InChI=1S/C14H16N2O3/c1-14(13(18)19)7-9-16(10-14)12(17)6-5-11-4-2-3-8-15-11/h2-6,8H,7,9-10H2,1H3,(H,18,19)/b6-5+. The van der Waals surface area contributed by atoms with E-state index in [1.807, 2.05) is 6.07 Å². The molecule has 1 aromatic rings. The Morgan fingerprint density at radius 3 is 2.84 bits per heavy atom. The van der Waals surface area contributed by atoms with E-state index in [0.29, 0.717) is 18.7 Å². The van der Waals surface area contributed by atoms with Crippen LogP contribution in [0.15, 0.2) is 30.5 Å². The monoisotopic (exact) mass is 260 g/mol. The number of amides is 1. The largest absolute Gasteiger partial charge is 0.481 e. The second-order valence-corrected chi connectivity index (χ2v) is 4.96. The summed E-state index contributed by atoms with van der Waals surface area (Å²) < 4.78 is 0. The minimum Gasteiger partial charge on any atom is -0.481 e. The van der Waals surface area contributed by atoms with Crippen molar-refractivity contribution in [2.24, 2.45) is 5.41 Å². The molecule has 19 heavy (non-hydrogen) atoms. The minimum absolute atomic E-state index is 0.171. The van der Waals surface area contributed by atoms with Crippen LogP contribution in [-0.2, 0) is 9.59 Å². The van der Waals surface area contributed by atoms with Crippen molar-refractivity contribution in [1.29, 1.82) is 0 Å². The molecule has 0 aromatic carbocycles. The number of rotatable bonds is 3. The first-order chi connectivity index (χ1) is 9.01. The van der Waals surface area contributed by atoms with Gasteiger partial charge in [-0.25, -0.2) is 0 Å². The third-order valence-corrected chi connectivity index (χ3v) is 3.39. The van der Waals surface area contributed by atoms with Crippen LogP contribution in [-0.4, -0.2) is 40.0 Å². The number of likely N-dealkylation sites (tertiary alicyclic amines) is 1. The molecule has 5 heteroatoms. The van der Waals surface area contributed by atoms with Gasteiger partial charge in [-0.2, -0.15) is 0 Å². The van der Waals surface area contributed by atoms with Crippen LogP contribution in [0.3, 0.4) is 0 Å². The van der Waals surface area contributed by atoms with Crippen LogP contribution in [0.2, 0.25) is 0 Å². The van der Waals surface area contributed by atoms with Gasteiger partial charge in [-0.05, 0) is 31.6 Å². The molecule has 1 aliphatic rings. The molecule has 2 rings (SSSR count). The Morgan fingerprint density at radius 2 is 2.26 bits per heavy atom. The molecule has 0 aliphatic carbocycles. The molecule has 0 bridgehead atoms. The molecule has 0 saturated carbocycles. The van der Waals surface area contributed by atoms with E-state index >= 15 is 0 Å².